The van der Waals surface area contributed by atoms with Gasteiger partial charge in [0.15, 0.2) is 0 Å². The SMILES string of the molecule is OC[C@@H]1CCN(I)CC1O. The number of halogens is 1. The van der Waals surface area contributed by atoms with Gasteiger partial charge in [-0.05, 0) is 6.42 Å². The highest BCUT2D eigenvalue weighted by Gasteiger charge is 2.25. The zero-order chi connectivity index (χ0) is 7.56. The zero-order valence-corrected chi connectivity index (χ0v) is 7.86. The Morgan fingerprint density at radius 2 is 2.30 bits per heavy atom. The minimum atomic E-state index is -0.337. The average molecular weight is 257 g/mol. The Balaban J connectivity index is 2.36. The lowest BCUT2D eigenvalue weighted by molar-refractivity contribution is 0.0291. The Morgan fingerprint density at radius 1 is 1.60 bits per heavy atom. The summed E-state index contributed by atoms with van der Waals surface area (Å²) < 4.78 is 2.05. The van der Waals surface area contributed by atoms with Crippen molar-refractivity contribution in [3.8, 4) is 0 Å². The van der Waals surface area contributed by atoms with Gasteiger partial charge >= 0.3 is 0 Å². The number of hydrogen-bond acceptors (Lipinski definition) is 3. The van der Waals surface area contributed by atoms with Crippen molar-refractivity contribution in [1.29, 1.82) is 0 Å². The summed E-state index contributed by atoms with van der Waals surface area (Å²) in [6.45, 7) is 1.78. The lowest BCUT2D eigenvalue weighted by atomic mass is 9.96. The van der Waals surface area contributed by atoms with Gasteiger partial charge in [0, 0.05) is 48.5 Å². The Hall–Kier alpha value is 0.610. The van der Waals surface area contributed by atoms with E-state index in [0.717, 1.165) is 13.0 Å². The molecule has 1 heterocycles. The number of nitrogens with zero attached hydrogens (tertiary/aromatic N) is 1. The molecule has 1 aliphatic rings. The van der Waals surface area contributed by atoms with E-state index in [1.165, 1.54) is 0 Å². The molecule has 0 amide bonds. The van der Waals surface area contributed by atoms with Gasteiger partial charge in [0.2, 0.25) is 0 Å². The second-order valence-electron chi connectivity index (χ2n) is 2.67. The largest absolute Gasteiger partial charge is 0.396 e. The van der Waals surface area contributed by atoms with Crippen molar-refractivity contribution >= 4 is 22.9 Å². The molecule has 0 spiro atoms. The minimum absolute atomic E-state index is 0.103. The Bertz CT molecular complexity index is 112. The van der Waals surface area contributed by atoms with Crippen molar-refractivity contribution in [2.45, 2.75) is 12.5 Å². The van der Waals surface area contributed by atoms with E-state index in [4.69, 9.17) is 5.11 Å². The molecule has 2 N–H and O–H groups in total. The molecule has 0 aliphatic carbocycles. The van der Waals surface area contributed by atoms with Crippen molar-refractivity contribution in [3.05, 3.63) is 0 Å². The molecule has 0 saturated carbocycles. The summed E-state index contributed by atoms with van der Waals surface area (Å²) in [6.07, 6.45) is 0.566. The molecule has 10 heavy (non-hydrogen) atoms. The first-order valence-electron chi connectivity index (χ1n) is 3.43. The van der Waals surface area contributed by atoms with Crippen LogP contribution in [0.15, 0.2) is 0 Å². The van der Waals surface area contributed by atoms with Gasteiger partial charge in [-0.1, -0.05) is 0 Å². The van der Waals surface area contributed by atoms with Gasteiger partial charge in [-0.3, -0.25) is 0 Å². The average Bonchev–Trinajstić information content (AvgIpc) is 1.88. The second kappa shape index (κ2) is 3.85. The number of aliphatic hydroxyl groups is 2. The molecule has 3 nitrogen and oxygen atoms in total. The van der Waals surface area contributed by atoms with Crippen LogP contribution in [0.1, 0.15) is 6.42 Å². The van der Waals surface area contributed by atoms with E-state index in [0.29, 0.717) is 6.54 Å². The molecular weight excluding hydrogens is 245 g/mol. The summed E-state index contributed by atoms with van der Waals surface area (Å²) in [4.78, 5) is 0. The van der Waals surface area contributed by atoms with Gasteiger partial charge in [0.25, 0.3) is 0 Å². The maximum atomic E-state index is 9.33. The third-order valence-electron chi connectivity index (χ3n) is 1.91. The predicted octanol–water partition coefficient (Wildman–Crippen LogP) is 0.0115. The van der Waals surface area contributed by atoms with Crippen molar-refractivity contribution in [1.82, 2.24) is 3.11 Å². The van der Waals surface area contributed by atoms with Crippen LogP contribution in [-0.4, -0.2) is 39.1 Å². The van der Waals surface area contributed by atoms with Crippen LogP contribution >= 0.6 is 22.9 Å². The van der Waals surface area contributed by atoms with Crippen LogP contribution in [0.25, 0.3) is 0 Å². The third kappa shape index (κ3) is 2.05. The molecule has 1 saturated heterocycles. The zero-order valence-electron chi connectivity index (χ0n) is 5.70. The Morgan fingerprint density at radius 3 is 2.80 bits per heavy atom. The van der Waals surface area contributed by atoms with Crippen LogP contribution in [0.2, 0.25) is 0 Å². The Kier molecular flexibility index (Phi) is 3.35. The fourth-order valence-corrected chi connectivity index (χ4v) is 1.84. The molecule has 60 valence electrons. The molecule has 0 aromatic rings. The quantitative estimate of drug-likeness (QED) is 0.514. The lowest BCUT2D eigenvalue weighted by Gasteiger charge is -2.30. The molecule has 1 aliphatic heterocycles. The minimum Gasteiger partial charge on any atom is -0.396 e. The topological polar surface area (TPSA) is 43.7 Å². The van der Waals surface area contributed by atoms with E-state index in [-0.39, 0.29) is 18.6 Å². The Labute approximate surface area is 74.5 Å². The number of hydrogen-bond donors (Lipinski definition) is 2. The highest BCUT2D eigenvalue weighted by Crippen LogP contribution is 2.19. The molecule has 1 unspecified atom stereocenters. The van der Waals surface area contributed by atoms with Gasteiger partial charge in [-0.15, -0.1) is 0 Å². The van der Waals surface area contributed by atoms with Gasteiger partial charge in [-0.2, -0.15) is 0 Å². The summed E-state index contributed by atoms with van der Waals surface area (Å²) in [5.74, 6) is 0.103. The van der Waals surface area contributed by atoms with Crippen LogP contribution in [0, 0.1) is 5.92 Å². The van der Waals surface area contributed by atoms with Crippen LogP contribution in [-0.2, 0) is 0 Å². The van der Waals surface area contributed by atoms with E-state index in [2.05, 4.69) is 26.0 Å². The predicted molar refractivity (Wildman–Crippen MR) is 46.8 cm³/mol. The standard InChI is InChI=1S/C6H12INO2/c7-8-2-1-5(4-9)6(10)3-8/h5-6,9-10H,1-4H2/t5-,6?/m0/s1. The van der Waals surface area contributed by atoms with Crippen molar-refractivity contribution in [2.75, 3.05) is 19.7 Å². The molecule has 1 rings (SSSR count). The molecule has 1 fully saturated rings. The van der Waals surface area contributed by atoms with E-state index >= 15 is 0 Å². The third-order valence-corrected chi connectivity index (χ3v) is 2.78. The second-order valence-corrected chi connectivity index (χ2v) is 4.03. The fourth-order valence-electron chi connectivity index (χ4n) is 1.15. The van der Waals surface area contributed by atoms with Crippen LogP contribution in [0.3, 0.4) is 0 Å². The van der Waals surface area contributed by atoms with Crippen LogP contribution < -0.4 is 0 Å². The first-order valence-corrected chi connectivity index (χ1v) is 4.40. The highest BCUT2D eigenvalue weighted by molar-refractivity contribution is 14.1. The maximum absolute atomic E-state index is 9.33. The number of β-amino-alcohol motifs (C(OH)–C–C–N with tert-alkyl or cyclic N) is 1. The first kappa shape index (κ1) is 8.70. The normalized spacial score (nSPS) is 36.3. The number of piperidine rings is 1. The molecule has 0 bridgehead atoms. The lowest BCUT2D eigenvalue weighted by Crippen LogP contribution is -2.40. The van der Waals surface area contributed by atoms with Crippen LogP contribution in [0.4, 0.5) is 0 Å². The van der Waals surface area contributed by atoms with Crippen molar-refractivity contribution < 1.29 is 10.2 Å². The van der Waals surface area contributed by atoms with Gasteiger partial charge in [0.1, 0.15) is 0 Å². The van der Waals surface area contributed by atoms with E-state index in [1.807, 2.05) is 0 Å². The van der Waals surface area contributed by atoms with Crippen molar-refractivity contribution in [3.63, 3.8) is 0 Å². The first-order chi connectivity index (χ1) is 4.74. The molecule has 0 aromatic heterocycles. The smallest absolute Gasteiger partial charge is 0.0725 e. The molecule has 4 heteroatoms. The van der Waals surface area contributed by atoms with Gasteiger partial charge < -0.3 is 10.2 Å². The summed E-state index contributed by atoms with van der Waals surface area (Å²) in [6, 6.07) is 0. The van der Waals surface area contributed by atoms with Gasteiger partial charge in [0.05, 0.1) is 6.10 Å². The fraction of sp³-hybridized carbons (Fsp3) is 1.00. The van der Waals surface area contributed by atoms with Crippen LogP contribution in [0.5, 0.6) is 0 Å². The summed E-state index contributed by atoms with van der Waals surface area (Å²) >= 11 is 2.19. The number of rotatable bonds is 1. The van der Waals surface area contributed by atoms with Gasteiger partial charge in [-0.25, -0.2) is 3.11 Å². The van der Waals surface area contributed by atoms with E-state index in [1.54, 1.807) is 0 Å². The maximum Gasteiger partial charge on any atom is 0.0725 e. The number of aliphatic hydroxyl groups excluding tert-OH is 2. The monoisotopic (exact) mass is 257 g/mol. The molecule has 0 aromatic carbocycles. The van der Waals surface area contributed by atoms with Crippen molar-refractivity contribution in [2.24, 2.45) is 5.92 Å². The van der Waals surface area contributed by atoms with E-state index in [9.17, 15) is 5.11 Å². The summed E-state index contributed by atoms with van der Waals surface area (Å²) in [5.41, 5.74) is 0. The summed E-state index contributed by atoms with van der Waals surface area (Å²) in [5, 5.41) is 18.1. The molecule has 0 radical (unpaired) electrons. The summed E-state index contributed by atoms with van der Waals surface area (Å²) in [7, 11) is 0. The highest BCUT2D eigenvalue weighted by atomic mass is 127. The molecule has 2 atom stereocenters. The molecular formula is C6H12INO2. The van der Waals surface area contributed by atoms with E-state index < -0.39 is 0 Å².